The number of hydrogen-bond donors (Lipinski definition) is 1. The van der Waals surface area contributed by atoms with Crippen molar-refractivity contribution in [1.29, 1.82) is 0 Å². The van der Waals surface area contributed by atoms with Crippen LogP contribution in [0.5, 0.6) is 0 Å². The number of hydrogen-bond acceptors (Lipinski definition) is 5. The lowest BCUT2D eigenvalue weighted by atomic mass is 10.1. The van der Waals surface area contributed by atoms with E-state index >= 15 is 0 Å². The summed E-state index contributed by atoms with van der Waals surface area (Å²) in [6, 6.07) is 10.1. The normalized spacial score (nSPS) is 11.0. The van der Waals surface area contributed by atoms with Crippen LogP contribution in [0.2, 0.25) is 0 Å². The Morgan fingerprint density at radius 2 is 1.96 bits per heavy atom. The maximum absolute atomic E-state index is 12.7. The van der Waals surface area contributed by atoms with Gasteiger partial charge in [0.05, 0.1) is 16.9 Å². The molecule has 0 fully saturated rings. The summed E-state index contributed by atoms with van der Waals surface area (Å²) in [5.74, 6) is 0.882. The molecule has 1 N–H and O–H groups in total. The van der Waals surface area contributed by atoms with Gasteiger partial charge in [-0.25, -0.2) is 14.6 Å². The molecule has 2 aromatic heterocycles. The minimum absolute atomic E-state index is 0.120. The van der Waals surface area contributed by atoms with Crippen LogP contribution in [-0.4, -0.2) is 38.5 Å². The molecule has 0 radical (unpaired) electrons. The molecule has 3 aromatic rings. The lowest BCUT2D eigenvalue weighted by Crippen LogP contribution is -2.28. The third-order valence-electron chi connectivity index (χ3n) is 4.42. The first kappa shape index (κ1) is 20.1. The molecule has 0 saturated carbocycles. The van der Waals surface area contributed by atoms with E-state index in [1.54, 1.807) is 6.20 Å². The maximum atomic E-state index is 12.7. The number of thioether (sulfide) groups is 1. The van der Waals surface area contributed by atoms with Crippen LogP contribution >= 0.6 is 11.8 Å². The standard InChI is InChI=1S/C21H25N5OS/c1-14(2)19-24-15(3)18(21(25-19)28-4)20(27)22-12-10-16-6-8-17(9-7-16)26-13-5-11-23-26/h5-9,11,13-14H,10,12H2,1-4H3,(H,22,27). The quantitative estimate of drug-likeness (QED) is 0.487. The summed E-state index contributed by atoms with van der Waals surface area (Å²) >= 11 is 1.48. The van der Waals surface area contributed by atoms with Gasteiger partial charge in [0, 0.05) is 24.9 Å². The fourth-order valence-corrected chi connectivity index (χ4v) is 3.51. The highest BCUT2D eigenvalue weighted by Gasteiger charge is 2.19. The maximum Gasteiger partial charge on any atom is 0.255 e. The first-order chi connectivity index (χ1) is 13.5. The molecule has 0 aliphatic heterocycles. The van der Waals surface area contributed by atoms with Gasteiger partial charge in [-0.15, -0.1) is 11.8 Å². The predicted molar refractivity (Wildman–Crippen MR) is 112 cm³/mol. The molecule has 0 bridgehead atoms. The molecule has 28 heavy (non-hydrogen) atoms. The lowest BCUT2D eigenvalue weighted by molar-refractivity contribution is 0.0949. The number of nitrogens with one attached hydrogen (secondary N) is 1. The van der Waals surface area contributed by atoms with E-state index in [1.165, 1.54) is 11.8 Å². The molecule has 2 heterocycles. The Hall–Kier alpha value is -2.67. The third-order valence-corrected chi connectivity index (χ3v) is 5.10. The lowest BCUT2D eigenvalue weighted by Gasteiger charge is -2.13. The average molecular weight is 396 g/mol. The van der Waals surface area contributed by atoms with Crippen LogP contribution in [0.1, 0.15) is 47.2 Å². The van der Waals surface area contributed by atoms with Crippen molar-refractivity contribution in [3.8, 4) is 5.69 Å². The van der Waals surface area contributed by atoms with E-state index in [0.29, 0.717) is 12.1 Å². The first-order valence-electron chi connectivity index (χ1n) is 9.29. The van der Waals surface area contributed by atoms with Gasteiger partial charge in [0.1, 0.15) is 10.9 Å². The van der Waals surface area contributed by atoms with Crippen LogP contribution in [0.4, 0.5) is 0 Å². The van der Waals surface area contributed by atoms with Gasteiger partial charge in [-0.1, -0.05) is 26.0 Å². The average Bonchev–Trinajstić information content (AvgIpc) is 3.22. The van der Waals surface area contributed by atoms with Gasteiger partial charge in [-0.2, -0.15) is 5.10 Å². The Bertz CT molecular complexity index is 936. The minimum Gasteiger partial charge on any atom is -0.352 e. The molecule has 0 saturated heterocycles. The first-order valence-corrected chi connectivity index (χ1v) is 10.5. The summed E-state index contributed by atoms with van der Waals surface area (Å²) in [5.41, 5.74) is 3.47. The summed E-state index contributed by atoms with van der Waals surface area (Å²) < 4.78 is 1.82. The van der Waals surface area contributed by atoms with Crippen molar-refractivity contribution in [2.45, 2.75) is 38.1 Å². The predicted octanol–water partition coefficient (Wildman–Crippen LogP) is 3.79. The fourth-order valence-electron chi connectivity index (χ4n) is 2.88. The smallest absolute Gasteiger partial charge is 0.255 e. The van der Waals surface area contributed by atoms with Crippen LogP contribution in [0.25, 0.3) is 5.69 Å². The SMILES string of the molecule is CSc1nc(C(C)C)nc(C)c1C(=O)NCCc1ccc(-n2cccn2)cc1. The number of carbonyl (C=O) groups is 1. The van der Waals surface area contributed by atoms with E-state index in [9.17, 15) is 4.79 Å². The van der Waals surface area contributed by atoms with Crippen molar-refractivity contribution < 1.29 is 4.79 Å². The van der Waals surface area contributed by atoms with E-state index in [-0.39, 0.29) is 11.8 Å². The summed E-state index contributed by atoms with van der Waals surface area (Å²) in [7, 11) is 0. The Labute approximate surface area is 169 Å². The zero-order valence-electron chi connectivity index (χ0n) is 16.6. The number of aryl methyl sites for hydroxylation is 1. The second-order valence-corrected chi connectivity index (χ2v) is 7.62. The largest absolute Gasteiger partial charge is 0.352 e. The Kier molecular flexibility index (Phi) is 6.46. The summed E-state index contributed by atoms with van der Waals surface area (Å²) in [6.07, 6.45) is 6.35. The van der Waals surface area contributed by atoms with Crippen molar-refractivity contribution in [2.24, 2.45) is 0 Å². The molecule has 0 spiro atoms. The second kappa shape index (κ2) is 9.01. The number of amides is 1. The minimum atomic E-state index is -0.120. The highest BCUT2D eigenvalue weighted by molar-refractivity contribution is 7.98. The van der Waals surface area contributed by atoms with Crippen molar-refractivity contribution >= 4 is 17.7 Å². The molecule has 3 rings (SSSR count). The van der Waals surface area contributed by atoms with Gasteiger partial charge >= 0.3 is 0 Å². The number of benzene rings is 1. The number of carbonyl (C=O) groups excluding carboxylic acids is 1. The van der Waals surface area contributed by atoms with Gasteiger partial charge in [0.25, 0.3) is 5.91 Å². The molecule has 1 amide bonds. The molecule has 0 unspecified atom stereocenters. The molecule has 0 aliphatic carbocycles. The molecule has 6 nitrogen and oxygen atoms in total. The van der Waals surface area contributed by atoms with Crippen LogP contribution in [0, 0.1) is 6.92 Å². The summed E-state index contributed by atoms with van der Waals surface area (Å²) in [6.45, 7) is 6.53. The van der Waals surface area contributed by atoms with E-state index in [0.717, 1.165) is 34.2 Å². The van der Waals surface area contributed by atoms with Gasteiger partial charge in [0.2, 0.25) is 0 Å². The van der Waals surface area contributed by atoms with Gasteiger partial charge in [-0.3, -0.25) is 4.79 Å². The zero-order chi connectivity index (χ0) is 20.1. The van der Waals surface area contributed by atoms with Crippen molar-refractivity contribution in [2.75, 3.05) is 12.8 Å². The van der Waals surface area contributed by atoms with Crippen LogP contribution in [0.3, 0.4) is 0 Å². The highest BCUT2D eigenvalue weighted by atomic mass is 32.2. The van der Waals surface area contributed by atoms with Crippen molar-refractivity contribution in [1.82, 2.24) is 25.1 Å². The van der Waals surface area contributed by atoms with Crippen LogP contribution in [0.15, 0.2) is 47.8 Å². The molecule has 0 atom stereocenters. The van der Waals surface area contributed by atoms with E-state index in [1.807, 2.05) is 42.3 Å². The van der Waals surface area contributed by atoms with E-state index < -0.39 is 0 Å². The highest BCUT2D eigenvalue weighted by Crippen LogP contribution is 2.23. The van der Waals surface area contributed by atoms with E-state index in [2.05, 4.69) is 46.4 Å². The fraction of sp³-hybridized carbons (Fsp3) is 0.333. The Morgan fingerprint density at radius 3 is 2.57 bits per heavy atom. The molecule has 0 aliphatic rings. The van der Waals surface area contributed by atoms with Crippen molar-refractivity contribution in [3.63, 3.8) is 0 Å². The third kappa shape index (κ3) is 4.59. The molecular weight excluding hydrogens is 370 g/mol. The molecule has 7 heteroatoms. The summed E-state index contributed by atoms with van der Waals surface area (Å²) in [5, 5.41) is 7.96. The van der Waals surface area contributed by atoms with Crippen LogP contribution < -0.4 is 5.32 Å². The Balaban J connectivity index is 1.63. The second-order valence-electron chi connectivity index (χ2n) is 6.83. The molecule has 1 aromatic carbocycles. The Morgan fingerprint density at radius 1 is 1.21 bits per heavy atom. The van der Waals surface area contributed by atoms with Crippen molar-refractivity contribution in [3.05, 3.63) is 65.4 Å². The summed E-state index contributed by atoms with van der Waals surface area (Å²) in [4.78, 5) is 21.8. The number of rotatable bonds is 7. The molecular formula is C21H25N5OS. The van der Waals surface area contributed by atoms with Gasteiger partial charge in [-0.05, 0) is 43.4 Å². The van der Waals surface area contributed by atoms with E-state index in [4.69, 9.17) is 0 Å². The van der Waals surface area contributed by atoms with Crippen LogP contribution in [-0.2, 0) is 6.42 Å². The zero-order valence-corrected chi connectivity index (χ0v) is 17.5. The topological polar surface area (TPSA) is 72.7 Å². The monoisotopic (exact) mass is 395 g/mol. The van der Waals surface area contributed by atoms with Gasteiger partial charge < -0.3 is 5.32 Å². The number of aromatic nitrogens is 4. The van der Waals surface area contributed by atoms with Gasteiger partial charge in [0.15, 0.2) is 0 Å². The number of nitrogens with zero attached hydrogens (tertiary/aromatic N) is 4. The molecule has 146 valence electrons.